The first-order valence-corrected chi connectivity index (χ1v) is 20.3. The van der Waals surface area contributed by atoms with Crippen molar-refractivity contribution in [3.63, 3.8) is 0 Å². The van der Waals surface area contributed by atoms with Crippen molar-refractivity contribution in [2.75, 3.05) is 97.1 Å². The quantitative estimate of drug-likeness (QED) is 0.0578. The minimum atomic E-state index is -1.01. The van der Waals surface area contributed by atoms with Gasteiger partial charge in [0.25, 0.3) is 0 Å². The van der Waals surface area contributed by atoms with Crippen molar-refractivity contribution in [1.29, 1.82) is 10.5 Å². The number of aryl methyl sites for hydroxylation is 1. The van der Waals surface area contributed by atoms with Crippen LogP contribution in [-0.2, 0) is 42.9 Å². The van der Waals surface area contributed by atoms with E-state index in [2.05, 4.69) is 37.9 Å². The average Bonchev–Trinajstić information content (AvgIpc) is 3.52. The van der Waals surface area contributed by atoms with Crippen molar-refractivity contribution < 1.29 is 53.1 Å². The highest BCUT2D eigenvalue weighted by atomic mass is 32.1. The molecular formula is C40H57N7O11S. The van der Waals surface area contributed by atoms with Gasteiger partial charge in [0.05, 0.1) is 75.9 Å². The average molecular weight is 844 g/mol. The fourth-order valence-corrected chi connectivity index (χ4v) is 5.99. The first-order valence-electron chi connectivity index (χ1n) is 19.5. The van der Waals surface area contributed by atoms with Gasteiger partial charge in [-0.2, -0.15) is 10.5 Å². The van der Waals surface area contributed by atoms with E-state index in [0.29, 0.717) is 132 Å². The zero-order valence-corrected chi connectivity index (χ0v) is 35.1. The lowest BCUT2D eigenvalue weighted by Crippen LogP contribution is -2.31. The smallest absolute Gasteiger partial charge is 0.306 e. The molecule has 59 heavy (non-hydrogen) atoms. The Morgan fingerprint density at radius 1 is 0.729 bits per heavy atom. The Morgan fingerprint density at radius 2 is 1.20 bits per heavy atom. The van der Waals surface area contributed by atoms with E-state index in [-0.39, 0.29) is 24.7 Å². The number of rotatable bonds is 32. The summed E-state index contributed by atoms with van der Waals surface area (Å²) < 4.78 is 28.4. The molecule has 2 rings (SSSR count). The third-order valence-corrected chi connectivity index (χ3v) is 9.75. The van der Waals surface area contributed by atoms with Crippen LogP contribution in [0.25, 0.3) is 0 Å². The molecule has 2 amide bonds. The van der Waals surface area contributed by atoms with Gasteiger partial charge in [0, 0.05) is 57.9 Å². The lowest BCUT2D eigenvalue weighted by atomic mass is 10.1. The number of carbonyl (C=O) groups is 4. The standard InChI is InChI=1S/C40H57N7O11S/c1-28-23-32(7-8-34(28)45-46-38-33(26-41)31(4)35(27-42)59-38)47(11-15-56-19-17-54-13-5-9-43-36(48)24-29(2)39(50)51)12-16-57-20-22-58-21-18-55-14-6-10-44-37(49)25-30(3)40(52)53/h7-8,23,29-30H,5-6,9-22,24-25H2,1-4H3,(H,43,48)(H,44,49)(H,50,51)(H,52,53)/b46-45+. The van der Waals surface area contributed by atoms with Gasteiger partial charge in [-0.05, 0) is 56.0 Å². The van der Waals surface area contributed by atoms with Crippen LogP contribution >= 0.6 is 11.3 Å². The summed E-state index contributed by atoms with van der Waals surface area (Å²) in [6.45, 7) is 12.5. The Labute approximate surface area is 349 Å². The molecule has 2 atom stereocenters. The van der Waals surface area contributed by atoms with Gasteiger partial charge < -0.3 is 49.4 Å². The lowest BCUT2D eigenvalue weighted by Gasteiger charge is -2.25. The number of thiophene rings is 1. The van der Waals surface area contributed by atoms with Crippen LogP contribution in [0, 0.1) is 48.3 Å². The number of hydrogen-bond donors (Lipinski definition) is 4. The number of nitrogens with zero attached hydrogens (tertiary/aromatic N) is 5. The predicted molar refractivity (Wildman–Crippen MR) is 218 cm³/mol. The normalized spacial score (nSPS) is 12.1. The number of aliphatic carboxylic acids is 2. The number of carboxylic acid groups (broad SMARTS) is 2. The molecule has 18 nitrogen and oxygen atoms in total. The summed E-state index contributed by atoms with van der Waals surface area (Å²) in [5.74, 6) is -4.07. The van der Waals surface area contributed by atoms with Gasteiger partial charge in [0.2, 0.25) is 11.8 Å². The number of benzene rings is 1. The maximum Gasteiger partial charge on any atom is 0.306 e. The van der Waals surface area contributed by atoms with Crippen LogP contribution in [0.1, 0.15) is 61.1 Å². The van der Waals surface area contributed by atoms with Crippen LogP contribution in [0.3, 0.4) is 0 Å². The van der Waals surface area contributed by atoms with Crippen molar-refractivity contribution in [2.24, 2.45) is 22.1 Å². The number of carboxylic acids is 2. The number of carbonyl (C=O) groups excluding carboxylic acids is 2. The topological polar surface area (TPSA) is 254 Å². The van der Waals surface area contributed by atoms with Crippen molar-refractivity contribution in [3.05, 3.63) is 39.8 Å². The number of azo groups is 1. The SMILES string of the molecule is Cc1cc(N(CCOCCOCCCNC(=O)CC(C)C(=O)O)CCOCCOCCOCCCNC(=O)CC(C)C(=O)O)ccc1/N=N/c1sc(C#N)c(C)c1C#N. The number of nitrogens with one attached hydrogen (secondary N) is 2. The Bertz CT molecular complexity index is 1740. The Hall–Kier alpha value is -5.02. The first kappa shape index (κ1) is 50.1. The van der Waals surface area contributed by atoms with E-state index in [1.165, 1.54) is 13.8 Å². The van der Waals surface area contributed by atoms with Gasteiger partial charge >= 0.3 is 11.9 Å². The van der Waals surface area contributed by atoms with E-state index >= 15 is 0 Å². The predicted octanol–water partition coefficient (Wildman–Crippen LogP) is 4.65. The van der Waals surface area contributed by atoms with E-state index in [1.54, 1.807) is 6.92 Å². The molecule has 0 saturated heterocycles. The molecule has 1 heterocycles. The zero-order valence-electron chi connectivity index (χ0n) is 34.3. The van der Waals surface area contributed by atoms with E-state index in [0.717, 1.165) is 22.6 Å². The molecule has 4 N–H and O–H groups in total. The molecule has 1 aromatic carbocycles. The Kier molecular flexibility index (Phi) is 24.8. The number of ether oxygens (including phenoxy) is 5. The molecule has 2 unspecified atom stereocenters. The third kappa shape index (κ3) is 20.5. The van der Waals surface area contributed by atoms with Crippen molar-refractivity contribution in [1.82, 2.24) is 10.6 Å². The van der Waals surface area contributed by atoms with Crippen LogP contribution in [-0.4, -0.2) is 126 Å². The van der Waals surface area contributed by atoms with Gasteiger partial charge in [-0.1, -0.05) is 13.8 Å². The van der Waals surface area contributed by atoms with Crippen molar-refractivity contribution in [3.8, 4) is 12.1 Å². The van der Waals surface area contributed by atoms with Gasteiger partial charge in [-0.15, -0.1) is 21.6 Å². The van der Waals surface area contributed by atoms with Gasteiger partial charge in [-0.25, -0.2) is 0 Å². The van der Waals surface area contributed by atoms with Crippen molar-refractivity contribution >= 4 is 51.5 Å². The van der Waals surface area contributed by atoms with Gasteiger partial charge in [-0.3, -0.25) is 19.2 Å². The van der Waals surface area contributed by atoms with Crippen LogP contribution in [0.5, 0.6) is 0 Å². The highest BCUT2D eigenvalue weighted by Gasteiger charge is 2.17. The van der Waals surface area contributed by atoms with Crippen LogP contribution < -0.4 is 15.5 Å². The number of anilines is 1. The highest BCUT2D eigenvalue weighted by Crippen LogP contribution is 2.36. The number of nitriles is 2. The van der Waals surface area contributed by atoms with Crippen LogP contribution in [0.4, 0.5) is 16.4 Å². The summed E-state index contributed by atoms with van der Waals surface area (Å²) in [6, 6.07) is 9.96. The summed E-state index contributed by atoms with van der Waals surface area (Å²) in [7, 11) is 0. The molecular weight excluding hydrogens is 787 g/mol. The van der Waals surface area contributed by atoms with Crippen LogP contribution in [0.2, 0.25) is 0 Å². The van der Waals surface area contributed by atoms with E-state index in [4.69, 9.17) is 33.9 Å². The molecule has 0 spiro atoms. The highest BCUT2D eigenvalue weighted by molar-refractivity contribution is 7.16. The second-order valence-electron chi connectivity index (χ2n) is 13.5. The minimum Gasteiger partial charge on any atom is -0.481 e. The first-order chi connectivity index (χ1) is 28.4. The van der Waals surface area contributed by atoms with E-state index in [1.807, 2.05) is 25.1 Å². The molecule has 0 bridgehead atoms. The summed E-state index contributed by atoms with van der Waals surface area (Å²) in [5.41, 5.74) is 3.34. The summed E-state index contributed by atoms with van der Waals surface area (Å²) in [5, 5.41) is 51.1. The van der Waals surface area contributed by atoms with E-state index in [9.17, 15) is 29.7 Å². The van der Waals surface area contributed by atoms with Gasteiger partial charge in [0.1, 0.15) is 17.0 Å². The minimum absolute atomic E-state index is 0.0573. The number of hydrogen-bond acceptors (Lipinski definition) is 15. The molecule has 2 aromatic rings. The lowest BCUT2D eigenvalue weighted by molar-refractivity contribution is -0.143. The fraction of sp³-hybridized carbons (Fsp3) is 0.600. The second-order valence-corrected chi connectivity index (χ2v) is 14.5. The number of amides is 2. The maximum atomic E-state index is 11.8. The third-order valence-electron chi connectivity index (χ3n) is 8.66. The molecule has 0 radical (unpaired) electrons. The molecule has 1 aromatic heterocycles. The molecule has 0 saturated carbocycles. The van der Waals surface area contributed by atoms with Crippen molar-refractivity contribution in [2.45, 2.75) is 53.4 Å². The zero-order chi connectivity index (χ0) is 43.4. The maximum absolute atomic E-state index is 11.8. The van der Waals surface area contributed by atoms with E-state index < -0.39 is 23.8 Å². The van der Waals surface area contributed by atoms with Gasteiger partial charge in [0.15, 0.2) is 5.00 Å². The summed E-state index contributed by atoms with van der Waals surface area (Å²) >= 11 is 1.13. The fourth-order valence-electron chi connectivity index (χ4n) is 5.12. The van der Waals surface area contributed by atoms with Crippen LogP contribution in [0.15, 0.2) is 28.4 Å². The molecule has 0 aliphatic heterocycles. The second kappa shape index (κ2) is 29.2. The molecule has 0 fully saturated rings. The summed E-state index contributed by atoms with van der Waals surface area (Å²) in [4.78, 5) is 47.8. The Morgan fingerprint density at radius 3 is 1.64 bits per heavy atom. The molecule has 19 heteroatoms. The largest absolute Gasteiger partial charge is 0.481 e. The molecule has 0 aliphatic carbocycles. The molecule has 324 valence electrons. The summed E-state index contributed by atoms with van der Waals surface area (Å²) in [6.07, 6.45) is 1.06. The monoisotopic (exact) mass is 843 g/mol. The Balaban J connectivity index is 1.78. The molecule has 0 aliphatic rings.